The number of rotatable bonds is 16. The molecule has 0 amide bonds. The molecule has 10 aliphatic rings. The first-order valence-corrected chi connectivity index (χ1v) is 28.8. The van der Waals surface area contributed by atoms with Crippen molar-refractivity contribution in [2.24, 2.45) is 28.6 Å². The summed E-state index contributed by atoms with van der Waals surface area (Å²) >= 11 is 0. The maximum atomic E-state index is 13.4. The van der Waals surface area contributed by atoms with E-state index in [1.54, 1.807) is 42.5 Å². The van der Waals surface area contributed by atoms with Crippen molar-refractivity contribution in [2.75, 3.05) is 35.5 Å². The third-order valence-corrected chi connectivity index (χ3v) is 20.3. The number of hydrogen-bond donors (Lipinski definition) is 1. The third kappa shape index (κ3) is 11.0. The summed E-state index contributed by atoms with van der Waals surface area (Å²) in [7, 11) is 8.19. The van der Waals surface area contributed by atoms with E-state index in [-0.39, 0.29) is 53.9 Å². The van der Waals surface area contributed by atoms with E-state index in [2.05, 4.69) is 20.8 Å². The van der Waals surface area contributed by atoms with Crippen LogP contribution in [0.3, 0.4) is 0 Å². The van der Waals surface area contributed by atoms with E-state index in [0.717, 1.165) is 44.9 Å². The van der Waals surface area contributed by atoms with Gasteiger partial charge in [-0.15, -0.1) is 0 Å². The topological polar surface area (TPSA) is 203 Å². The Morgan fingerprint density at radius 3 is 1.51 bits per heavy atom. The Kier molecular flexibility index (Phi) is 18.1. The molecule has 7 heterocycles. The number of Topliss-reactive ketones (excluding diaryl/α,β-unsaturated/α-hetero) is 1. The Morgan fingerprint density at radius 1 is 0.487 bits per heavy atom. The zero-order valence-electron chi connectivity index (χ0n) is 47.4. The van der Waals surface area contributed by atoms with E-state index in [4.69, 9.17) is 85.6 Å². The van der Waals surface area contributed by atoms with Crippen LogP contribution >= 0.6 is 0 Å². The van der Waals surface area contributed by atoms with E-state index in [1.807, 2.05) is 27.7 Å². The molecule has 76 heavy (non-hydrogen) atoms. The number of carbonyl (C=O) groups excluding carboxylic acids is 1. The summed E-state index contributed by atoms with van der Waals surface area (Å²) in [4.78, 5) is 25.4. The van der Waals surface area contributed by atoms with Crippen molar-refractivity contribution in [2.45, 2.75) is 286 Å². The molecule has 0 aromatic carbocycles. The minimum Gasteiger partial charge on any atom is -0.388 e. The van der Waals surface area contributed by atoms with E-state index < -0.39 is 116 Å². The van der Waals surface area contributed by atoms with Crippen molar-refractivity contribution in [1.82, 2.24) is 0 Å². The summed E-state index contributed by atoms with van der Waals surface area (Å²) in [6, 6.07) is 0. The molecule has 20 nitrogen and oxygen atoms in total. The standard InChI is InChI=1S/C56H92O20/c1-27-35-14-15-42(57)55(35,8)43-26-41-54(7)18-17-34(20-33(54)16-19-56(41,73-27)74-43)69-44-22-37(60-10)50(29(3)65-44)71-46-23-38(61-11)51(30(4)66-46)72-47-24-40(63-13)53(32(6)67-47)76-75-48-25-39(62-12)52(31(5)68-48)70-45-21-36(59-9)49(58)28(2)64-45/h27-41,43-53,58H,14-26H2,1-13H3/t27-,28+,29+,30+,31+,32+,33-,34-,35-,36+,37+,38-,39-,40+,41+,43+,44-,45-,46-,47-,48-,49+,50+,51+,52+,53+,54-,55+,56-/m0/s1. The van der Waals surface area contributed by atoms with E-state index in [1.165, 1.54) is 0 Å². The lowest BCUT2D eigenvalue weighted by atomic mass is 9.52. The molecule has 1 spiro atoms. The third-order valence-electron chi connectivity index (χ3n) is 20.3. The second kappa shape index (κ2) is 23.6. The second-order valence-corrected chi connectivity index (χ2v) is 24.5. The Bertz CT molecular complexity index is 1940. The highest BCUT2D eigenvalue weighted by Crippen LogP contribution is 2.67. The van der Waals surface area contributed by atoms with Crippen LogP contribution in [0.2, 0.25) is 0 Å². The lowest BCUT2D eigenvalue weighted by molar-refractivity contribution is -0.448. The molecule has 3 saturated carbocycles. The lowest BCUT2D eigenvalue weighted by Crippen LogP contribution is -2.58. The van der Waals surface area contributed by atoms with Crippen LogP contribution in [0.5, 0.6) is 0 Å². The van der Waals surface area contributed by atoms with Crippen molar-refractivity contribution >= 4 is 5.78 Å². The van der Waals surface area contributed by atoms with Crippen molar-refractivity contribution < 1.29 is 95.5 Å². The number of ether oxygens (including phenoxy) is 16. The molecule has 20 heteroatoms. The zero-order chi connectivity index (χ0) is 54.0. The van der Waals surface area contributed by atoms with Gasteiger partial charge in [0.25, 0.3) is 0 Å². The van der Waals surface area contributed by atoms with Gasteiger partial charge in [0.15, 0.2) is 37.2 Å². The molecule has 29 atom stereocenters. The predicted octanol–water partition coefficient (Wildman–Crippen LogP) is 6.06. The van der Waals surface area contributed by atoms with Gasteiger partial charge in [-0.05, 0) is 98.3 Å². The van der Waals surface area contributed by atoms with Crippen molar-refractivity contribution in [3.8, 4) is 0 Å². The van der Waals surface area contributed by atoms with Crippen LogP contribution in [0.15, 0.2) is 0 Å². The van der Waals surface area contributed by atoms with E-state index in [0.29, 0.717) is 50.2 Å². The summed E-state index contributed by atoms with van der Waals surface area (Å²) in [5, 5.41) is 10.4. The van der Waals surface area contributed by atoms with Crippen LogP contribution in [0.4, 0.5) is 0 Å². The molecule has 3 aliphatic carbocycles. The minimum atomic E-state index is -0.759. The first-order valence-electron chi connectivity index (χ1n) is 28.8. The highest BCUT2D eigenvalue weighted by molar-refractivity contribution is 5.88. The fourth-order valence-electron chi connectivity index (χ4n) is 15.9. The SMILES string of the molecule is CO[C@H]1C[C@H](OO[C@@H]2[C@@H](C)O[C@@H](O[C@H]3[C@@H](OC)C[C@H](O[C@@H]4[C@@H](C)O[C@@H](O[C@H]5CC[C@@]6(C)[C@@H](CC[C@@]78O[C@@H](C)[C@@H]9CCC(=O)[C@]9(C)[C@@H](C[C@@H]76)O8)C5)C[C@H]4OC)O[C@@H]3C)C[C@H]2OC)O[C@H](C)[C@H]1O[C@H]1C[C@@H](OC)[C@H](O)[C@@H](C)O1. The van der Waals surface area contributed by atoms with E-state index in [9.17, 15) is 9.90 Å². The molecule has 1 N–H and O–H groups in total. The maximum absolute atomic E-state index is 13.4. The summed E-state index contributed by atoms with van der Waals surface area (Å²) in [6.45, 7) is 16.3. The van der Waals surface area contributed by atoms with Crippen LogP contribution in [0.1, 0.15) is 139 Å². The molecule has 7 aliphatic heterocycles. The first-order chi connectivity index (χ1) is 36.3. The summed E-state index contributed by atoms with van der Waals surface area (Å²) in [5.41, 5.74) is -0.437. The quantitative estimate of drug-likeness (QED) is 0.106. The number of ketones is 1. The Hall–Kier alpha value is -1.09. The summed E-state index contributed by atoms with van der Waals surface area (Å²) in [5.74, 6) is 0.665. The molecular formula is C56H92O20. The maximum Gasteiger partial charge on any atom is 0.194 e. The monoisotopic (exact) mass is 1080 g/mol. The smallest absolute Gasteiger partial charge is 0.194 e. The van der Waals surface area contributed by atoms with Crippen LogP contribution in [-0.4, -0.2) is 194 Å². The molecule has 0 unspecified atom stereocenters. The van der Waals surface area contributed by atoms with Crippen molar-refractivity contribution in [1.29, 1.82) is 0 Å². The number of aliphatic hydroxyl groups is 1. The number of aliphatic hydroxyl groups excluding tert-OH is 1. The van der Waals surface area contributed by atoms with Crippen molar-refractivity contribution in [3.63, 3.8) is 0 Å². The van der Waals surface area contributed by atoms with Gasteiger partial charge in [-0.3, -0.25) is 4.79 Å². The number of hydrogen-bond acceptors (Lipinski definition) is 20. The van der Waals surface area contributed by atoms with Gasteiger partial charge >= 0.3 is 0 Å². The largest absolute Gasteiger partial charge is 0.388 e. The highest BCUT2D eigenvalue weighted by Gasteiger charge is 2.70. The zero-order valence-corrected chi connectivity index (χ0v) is 47.4. The van der Waals surface area contributed by atoms with Crippen molar-refractivity contribution in [3.05, 3.63) is 0 Å². The molecule has 0 aromatic heterocycles. The fourth-order valence-corrected chi connectivity index (χ4v) is 15.9. The molecule has 0 aromatic rings. The molecule has 7 saturated heterocycles. The number of carbonyl (C=O) groups is 1. The van der Waals surface area contributed by atoms with E-state index >= 15 is 0 Å². The highest BCUT2D eigenvalue weighted by atomic mass is 17.2. The molecule has 0 radical (unpaired) electrons. The molecule has 2 bridgehead atoms. The molecule has 10 rings (SSSR count). The number of methoxy groups -OCH3 is 5. The molecule has 436 valence electrons. The molecular weight excluding hydrogens is 993 g/mol. The Balaban J connectivity index is 0.679. The van der Waals surface area contributed by atoms with Crippen LogP contribution < -0.4 is 0 Å². The predicted molar refractivity (Wildman–Crippen MR) is 267 cm³/mol. The Morgan fingerprint density at radius 2 is 0.961 bits per heavy atom. The normalized spacial score (nSPS) is 53.6. The Labute approximate surface area is 450 Å². The van der Waals surface area contributed by atoms with Crippen LogP contribution in [0, 0.1) is 28.6 Å². The van der Waals surface area contributed by atoms with Gasteiger partial charge in [-0.25, -0.2) is 9.78 Å². The lowest BCUT2D eigenvalue weighted by Gasteiger charge is -2.57. The van der Waals surface area contributed by atoms with Gasteiger partial charge in [-0.2, -0.15) is 0 Å². The van der Waals surface area contributed by atoms with Gasteiger partial charge < -0.3 is 80.9 Å². The minimum absolute atomic E-state index is 0.00116. The molecule has 10 fully saturated rings. The van der Waals surface area contributed by atoms with Gasteiger partial charge in [0.05, 0.1) is 84.8 Å². The summed E-state index contributed by atoms with van der Waals surface area (Å²) in [6.07, 6.45) is -0.709. The van der Waals surface area contributed by atoms with Gasteiger partial charge in [-0.1, -0.05) is 6.92 Å². The average Bonchev–Trinajstić information content (AvgIpc) is 4.12. The summed E-state index contributed by atoms with van der Waals surface area (Å²) < 4.78 is 102. The second-order valence-electron chi connectivity index (χ2n) is 24.5. The van der Waals surface area contributed by atoms with Crippen LogP contribution in [0.25, 0.3) is 0 Å². The van der Waals surface area contributed by atoms with Gasteiger partial charge in [0.2, 0.25) is 0 Å². The fraction of sp³-hybridized carbons (Fsp3) is 0.982. The van der Waals surface area contributed by atoms with Gasteiger partial charge in [0.1, 0.15) is 36.3 Å². The van der Waals surface area contributed by atoms with Gasteiger partial charge in [0, 0.05) is 92.3 Å². The number of fused-ring (bicyclic) bond motifs is 5. The van der Waals surface area contributed by atoms with Crippen LogP contribution in [-0.2, 0) is 90.4 Å². The first kappa shape index (κ1) is 58.1. The average molecular weight is 1090 g/mol.